The summed E-state index contributed by atoms with van der Waals surface area (Å²) in [5, 5.41) is 3.28. The molecule has 1 saturated heterocycles. The molecular formula is C14H23N3. The third-order valence-electron chi connectivity index (χ3n) is 3.56. The van der Waals surface area contributed by atoms with Crippen LogP contribution < -0.4 is 5.32 Å². The maximum Gasteiger partial charge on any atom is 0.0544 e. The van der Waals surface area contributed by atoms with Crippen LogP contribution >= 0.6 is 0 Å². The zero-order valence-electron chi connectivity index (χ0n) is 10.9. The van der Waals surface area contributed by atoms with E-state index in [1.54, 1.807) is 0 Å². The van der Waals surface area contributed by atoms with Gasteiger partial charge in [0.25, 0.3) is 0 Å². The summed E-state index contributed by atoms with van der Waals surface area (Å²) in [6.07, 6.45) is 4.59. The quantitative estimate of drug-likeness (QED) is 0.860. The van der Waals surface area contributed by atoms with Gasteiger partial charge in [0.15, 0.2) is 0 Å². The number of hydrogen-bond donors (Lipinski definition) is 1. The molecule has 1 aliphatic heterocycles. The third kappa shape index (κ3) is 3.79. The van der Waals surface area contributed by atoms with E-state index < -0.39 is 0 Å². The van der Waals surface area contributed by atoms with Crippen LogP contribution in [0.2, 0.25) is 0 Å². The number of nitrogens with zero attached hydrogens (tertiary/aromatic N) is 2. The van der Waals surface area contributed by atoms with Gasteiger partial charge < -0.3 is 5.32 Å². The van der Waals surface area contributed by atoms with E-state index >= 15 is 0 Å². The number of aromatic nitrogens is 1. The molecule has 0 atom stereocenters. The lowest BCUT2D eigenvalue weighted by molar-refractivity contribution is 0.175. The molecule has 1 aromatic heterocycles. The van der Waals surface area contributed by atoms with Crippen LogP contribution in [0.15, 0.2) is 18.3 Å². The van der Waals surface area contributed by atoms with Crippen LogP contribution in [0.25, 0.3) is 0 Å². The van der Waals surface area contributed by atoms with Gasteiger partial charge in [-0.3, -0.25) is 9.88 Å². The Hall–Kier alpha value is -0.930. The van der Waals surface area contributed by atoms with Gasteiger partial charge in [0.05, 0.1) is 5.69 Å². The lowest BCUT2D eigenvalue weighted by Gasteiger charge is -2.31. The first-order chi connectivity index (χ1) is 8.28. The summed E-state index contributed by atoms with van der Waals surface area (Å²) >= 11 is 0. The molecule has 0 aromatic carbocycles. The Morgan fingerprint density at radius 1 is 1.35 bits per heavy atom. The van der Waals surface area contributed by atoms with Gasteiger partial charge in [-0.15, -0.1) is 0 Å². The predicted octanol–water partition coefficient (Wildman–Crippen LogP) is 1.82. The van der Waals surface area contributed by atoms with Crippen LogP contribution in [0.3, 0.4) is 0 Å². The van der Waals surface area contributed by atoms with Gasteiger partial charge in [-0.05, 0) is 64.0 Å². The summed E-state index contributed by atoms with van der Waals surface area (Å²) in [5.41, 5.74) is 2.43. The van der Waals surface area contributed by atoms with E-state index in [2.05, 4.69) is 34.3 Å². The van der Waals surface area contributed by atoms with Crippen molar-refractivity contribution in [2.75, 3.05) is 26.7 Å². The van der Waals surface area contributed by atoms with Crippen molar-refractivity contribution in [1.82, 2.24) is 15.2 Å². The standard InChI is InChI=1S/C14H23N3/c1-12-3-4-14(16-9-12)11-17-7-5-13(6-8-17)10-15-2/h3-4,9,13,15H,5-8,10-11H2,1-2H3. The molecule has 2 rings (SSSR count). The summed E-state index contributed by atoms with van der Waals surface area (Å²) in [7, 11) is 2.04. The van der Waals surface area contributed by atoms with Crippen molar-refractivity contribution >= 4 is 0 Å². The maximum absolute atomic E-state index is 4.47. The van der Waals surface area contributed by atoms with E-state index in [1.807, 2.05) is 13.2 Å². The number of hydrogen-bond acceptors (Lipinski definition) is 3. The van der Waals surface area contributed by atoms with Crippen molar-refractivity contribution in [2.24, 2.45) is 5.92 Å². The van der Waals surface area contributed by atoms with Gasteiger partial charge in [0.1, 0.15) is 0 Å². The van der Waals surface area contributed by atoms with Gasteiger partial charge in [0, 0.05) is 12.7 Å². The van der Waals surface area contributed by atoms with Gasteiger partial charge in [0.2, 0.25) is 0 Å². The van der Waals surface area contributed by atoms with E-state index in [-0.39, 0.29) is 0 Å². The van der Waals surface area contributed by atoms with Crippen LogP contribution in [0, 0.1) is 12.8 Å². The molecule has 1 N–H and O–H groups in total. The summed E-state index contributed by atoms with van der Waals surface area (Å²) in [5.74, 6) is 0.863. The monoisotopic (exact) mass is 233 g/mol. The van der Waals surface area contributed by atoms with E-state index in [9.17, 15) is 0 Å². The normalized spacial score (nSPS) is 18.5. The van der Waals surface area contributed by atoms with Gasteiger partial charge in [-0.25, -0.2) is 0 Å². The van der Waals surface area contributed by atoms with Crippen LogP contribution in [0.5, 0.6) is 0 Å². The molecule has 1 aliphatic rings. The molecule has 3 nitrogen and oxygen atoms in total. The number of likely N-dealkylation sites (tertiary alicyclic amines) is 1. The molecule has 0 unspecified atom stereocenters. The molecule has 0 saturated carbocycles. The maximum atomic E-state index is 4.47. The van der Waals surface area contributed by atoms with Crippen LogP contribution in [-0.4, -0.2) is 36.6 Å². The van der Waals surface area contributed by atoms with Crippen molar-refractivity contribution in [3.05, 3.63) is 29.6 Å². The Bertz CT molecular complexity index is 326. The fraction of sp³-hybridized carbons (Fsp3) is 0.643. The third-order valence-corrected chi connectivity index (χ3v) is 3.56. The number of piperidine rings is 1. The van der Waals surface area contributed by atoms with Crippen molar-refractivity contribution in [2.45, 2.75) is 26.3 Å². The van der Waals surface area contributed by atoms with E-state index in [1.165, 1.54) is 37.2 Å². The fourth-order valence-corrected chi connectivity index (χ4v) is 2.46. The topological polar surface area (TPSA) is 28.2 Å². The van der Waals surface area contributed by atoms with Crippen molar-refractivity contribution in [3.8, 4) is 0 Å². The summed E-state index contributed by atoms with van der Waals surface area (Å²) in [4.78, 5) is 6.99. The molecule has 0 spiro atoms. The first-order valence-electron chi connectivity index (χ1n) is 6.56. The molecule has 1 aromatic rings. The molecule has 0 radical (unpaired) electrons. The highest BCUT2D eigenvalue weighted by Gasteiger charge is 2.18. The van der Waals surface area contributed by atoms with Crippen molar-refractivity contribution in [1.29, 1.82) is 0 Å². The number of pyridine rings is 1. The first-order valence-corrected chi connectivity index (χ1v) is 6.56. The SMILES string of the molecule is CNCC1CCN(Cc2ccc(C)cn2)CC1. The minimum Gasteiger partial charge on any atom is -0.319 e. The van der Waals surface area contributed by atoms with Gasteiger partial charge in [-0.2, -0.15) is 0 Å². The first kappa shape index (κ1) is 12.5. The van der Waals surface area contributed by atoms with E-state index in [0.29, 0.717) is 0 Å². The zero-order valence-corrected chi connectivity index (χ0v) is 10.9. The molecule has 0 aliphatic carbocycles. The largest absolute Gasteiger partial charge is 0.319 e. The highest BCUT2D eigenvalue weighted by molar-refractivity contribution is 5.12. The average Bonchev–Trinajstić information content (AvgIpc) is 2.35. The molecule has 3 heteroatoms. The molecule has 1 fully saturated rings. The minimum absolute atomic E-state index is 0.863. The molecule has 0 bridgehead atoms. The molecule has 0 amide bonds. The lowest BCUT2D eigenvalue weighted by Crippen LogP contribution is -2.36. The lowest BCUT2D eigenvalue weighted by atomic mass is 9.97. The summed E-state index contributed by atoms with van der Waals surface area (Å²) in [6.45, 7) is 6.67. The van der Waals surface area contributed by atoms with E-state index in [0.717, 1.165) is 19.0 Å². The predicted molar refractivity (Wildman–Crippen MR) is 70.9 cm³/mol. The second kappa shape index (κ2) is 6.12. The van der Waals surface area contributed by atoms with Gasteiger partial charge >= 0.3 is 0 Å². The Morgan fingerprint density at radius 3 is 2.71 bits per heavy atom. The number of rotatable bonds is 4. The van der Waals surface area contributed by atoms with E-state index in [4.69, 9.17) is 0 Å². The minimum atomic E-state index is 0.863. The smallest absolute Gasteiger partial charge is 0.0544 e. The number of aryl methyl sites for hydroxylation is 1. The highest BCUT2D eigenvalue weighted by atomic mass is 15.1. The van der Waals surface area contributed by atoms with Crippen LogP contribution in [-0.2, 0) is 6.54 Å². The fourth-order valence-electron chi connectivity index (χ4n) is 2.46. The Kier molecular flexibility index (Phi) is 4.51. The zero-order chi connectivity index (χ0) is 12.1. The Morgan fingerprint density at radius 2 is 2.12 bits per heavy atom. The second-order valence-electron chi connectivity index (χ2n) is 5.10. The van der Waals surface area contributed by atoms with Crippen molar-refractivity contribution in [3.63, 3.8) is 0 Å². The van der Waals surface area contributed by atoms with Crippen LogP contribution in [0.1, 0.15) is 24.1 Å². The Labute approximate surface area is 104 Å². The molecule has 2 heterocycles. The van der Waals surface area contributed by atoms with Crippen molar-refractivity contribution < 1.29 is 0 Å². The molecular weight excluding hydrogens is 210 g/mol. The highest BCUT2D eigenvalue weighted by Crippen LogP contribution is 2.17. The number of nitrogens with one attached hydrogen (secondary N) is 1. The molecule has 94 valence electrons. The summed E-state index contributed by atoms with van der Waals surface area (Å²) in [6, 6.07) is 4.30. The molecule has 17 heavy (non-hydrogen) atoms. The summed E-state index contributed by atoms with van der Waals surface area (Å²) < 4.78 is 0. The van der Waals surface area contributed by atoms with Gasteiger partial charge in [-0.1, -0.05) is 6.07 Å². The Balaban J connectivity index is 1.79. The van der Waals surface area contributed by atoms with Crippen LogP contribution in [0.4, 0.5) is 0 Å². The second-order valence-corrected chi connectivity index (χ2v) is 5.10. The average molecular weight is 233 g/mol.